The summed E-state index contributed by atoms with van der Waals surface area (Å²) in [6.45, 7) is 5.29. The zero-order valence-corrected chi connectivity index (χ0v) is 17.9. The molecule has 0 atom stereocenters. The Kier molecular flexibility index (Phi) is 6.22. The van der Waals surface area contributed by atoms with E-state index in [0.29, 0.717) is 0 Å². The number of likely N-dealkylation sites (tertiary alicyclic amines) is 1. The normalized spacial score (nSPS) is 14.7. The van der Waals surface area contributed by atoms with Crippen molar-refractivity contribution in [1.82, 2.24) is 4.90 Å². The van der Waals surface area contributed by atoms with Gasteiger partial charge in [-0.3, -0.25) is 4.90 Å². The number of rotatable bonds is 5. The fourth-order valence-electron chi connectivity index (χ4n) is 4.02. The Morgan fingerprint density at radius 3 is 2.24 bits per heavy atom. The van der Waals surface area contributed by atoms with E-state index in [1.54, 1.807) is 7.11 Å². The summed E-state index contributed by atoms with van der Waals surface area (Å²) in [5.74, 6) is 0.846. The molecule has 3 aromatic carbocycles. The van der Waals surface area contributed by atoms with Crippen LogP contribution >= 0.6 is 11.6 Å². The van der Waals surface area contributed by atoms with Crippen LogP contribution < -0.4 is 4.74 Å². The first-order valence-corrected chi connectivity index (χ1v) is 10.7. The van der Waals surface area contributed by atoms with E-state index >= 15 is 0 Å². The third-order valence-electron chi connectivity index (χ3n) is 5.70. The summed E-state index contributed by atoms with van der Waals surface area (Å²) in [6.07, 6.45) is 3.88. The second kappa shape index (κ2) is 9.02. The first-order chi connectivity index (χ1) is 14.2. The van der Waals surface area contributed by atoms with Gasteiger partial charge in [-0.1, -0.05) is 60.0 Å². The van der Waals surface area contributed by atoms with E-state index in [0.717, 1.165) is 58.2 Å². The van der Waals surface area contributed by atoms with Crippen LogP contribution in [0.2, 0.25) is 5.02 Å². The van der Waals surface area contributed by atoms with Crippen LogP contribution in [0, 0.1) is 13.0 Å². The molecule has 4 rings (SSSR count). The standard InChI is InChI=1S/C26H27ClNO/c1-19-6-8-21(9-7-19)25-24(20-10-13-23(29-2)14-11-20)15-12-22(26(25)27)18-28-16-4-3-5-17-28/h6-14H,3-5,16-18H2,1-2H3. The van der Waals surface area contributed by atoms with E-state index in [4.69, 9.17) is 16.3 Å². The molecule has 2 nitrogen and oxygen atoms in total. The van der Waals surface area contributed by atoms with E-state index in [9.17, 15) is 0 Å². The maximum Gasteiger partial charge on any atom is 0.118 e. The van der Waals surface area contributed by atoms with Crippen molar-refractivity contribution in [3.05, 3.63) is 76.8 Å². The molecule has 29 heavy (non-hydrogen) atoms. The van der Waals surface area contributed by atoms with Gasteiger partial charge in [0.25, 0.3) is 0 Å². The van der Waals surface area contributed by atoms with Crippen LogP contribution in [0.5, 0.6) is 5.75 Å². The average molecular weight is 405 g/mol. The van der Waals surface area contributed by atoms with Crippen LogP contribution in [0.3, 0.4) is 0 Å². The molecule has 1 aliphatic heterocycles. The molecule has 1 fully saturated rings. The third kappa shape index (κ3) is 4.49. The number of benzene rings is 3. The lowest BCUT2D eigenvalue weighted by Crippen LogP contribution is -2.29. The van der Waals surface area contributed by atoms with Crippen molar-refractivity contribution in [2.75, 3.05) is 20.2 Å². The highest BCUT2D eigenvalue weighted by atomic mass is 35.5. The number of ether oxygens (including phenoxy) is 1. The van der Waals surface area contributed by atoms with Crippen molar-refractivity contribution in [1.29, 1.82) is 0 Å². The molecule has 0 unspecified atom stereocenters. The average Bonchev–Trinajstić information content (AvgIpc) is 2.77. The number of piperidine rings is 1. The van der Waals surface area contributed by atoms with E-state index in [1.165, 1.54) is 24.8 Å². The smallest absolute Gasteiger partial charge is 0.118 e. The van der Waals surface area contributed by atoms with Crippen molar-refractivity contribution < 1.29 is 4.74 Å². The Labute approximate surface area is 179 Å². The summed E-state index contributed by atoms with van der Waals surface area (Å²) in [4.78, 5) is 2.50. The zero-order chi connectivity index (χ0) is 20.2. The van der Waals surface area contributed by atoms with Crippen LogP contribution in [0.25, 0.3) is 22.3 Å². The molecule has 1 heterocycles. The second-order valence-corrected chi connectivity index (χ2v) is 8.19. The molecule has 0 N–H and O–H groups in total. The van der Waals surface area contributed by atoms with Crippen molar-refractivity contribution in [3.63, 3.8) is 0 Å². The first-order valence-electron chi connectivity index (χ1n) is 10.3. The number of hydrogen-bond donors (Lipinski definition) is 0. The highest BCUT2D eigenvalue weighted by Crippen LogP contribution is 2.40. The summed E-state index contributed by atoms with van der Waals surface area (Å²) in [5.41, 5.74) is 6.71. The van der Waals surface area contributed by atoms with Gasteiger partial charge in [0.1, 0.15) is 5.75 Å². The molecule has 0 aliphatic carbocycles. The lowest BCUT2D eigenvalue weighted by molar-refractivity contribution is 0.221. The van der Waals surface area contributed by atoms with Gasteiger partial charge < -0.3 is 4.74 Å². The molecule has 0 saturated carbocycles. The van der Waals surface area contributed by atoms with Gasteiger partial charge in [-0.2, -0.15) is 0 Å². The van der Waals surface area contributed by atoms with Gasteiger partial charge >= 0.3 is 0 Å². The van der Waals surface area contributed by atoms with Gasteiger partial charge in [0.2, 0.25) is 0 Å². The Balaban J connectivity index is 1.79. The molecule has 1 radical (unpaired) electrons. The number of halogens is 1. The van der Waals surface area contributed by atoms with Crippen molar-refractivity contribution in [3.8, 4) is 28.0 Å². The fraction of sp³-hybridized carbons (Fsp3) is 0.308. The van der Waals surface area contributed by atoms with Crippen molar-refractivity contribution >= 4 is 11.6 Å². The van der Waals surface area contributed by atoms with E-state index in [-0.39, 0.29) is 0 Å². The minimum Gasteiger partial charge on any atom is -0.497 e. The van der Waals surface area contributed by atoms with Crippen LogP contribution in [0.15, 0.2) is 54.6 Å². The predicted molar refractivity (Wildman–Crippen MR) is 122 cm³/mol. The van der Waals surface area contributed by atoms with Crippen LogP contribution in [-0.4, -0.2) is 25.1 Å². The van der Waals surface area contributed by atoms with Gasteiger partial charge in [-0.15, -0.1) is 0 Å². The summed E-state index contributed by atoms with van der Waals surface area (Å²) in [6, 6.07) is 22.3. The summed E-state index contributed by atoms with van der Waals surface area (Å²) in [5, 5.41) is 0.837. The van der Waals surface area contributed by atoms with Gasteiger partial charge in [-0.25, -0.2) is 0 Å². The number of hydrogen-bond acceptors (Lipinski definition) is 2. The Morgan fingerprint density at radius 1 is 0.931 bits per heavy atom. The van der Waals surface area contributed by atoms with E-state index in [2.05, 4.69) is 60.4 Å². The lowest BCUT2D eigenvalue weighted by Gasteiger charge is -2.27. The maximum absolute atomic E-state index is 7.04. The van der Waals surface area contributed by atoms with Crippen molar-refractivity contribution in [2.45, 2.75) is 32.7 Å². The second-order valence-electron chi connectivity index (χ2n) is 7.81. The minimum absolute atomic E-state index is 0.837. The van der Waals surface area contributed by atoms with Gasteiger partial charge in [-0.05, 0) is 79.4 Å². The molecule has 0 amide bonds. The first kappa shape index (κ1) is 20.0. The zero-order valence-electron chi connectivity index (χ0n) is 17.2. The highest BCUT2D eigenvalue weighted by molar-refractivity contribution is 6.35. The van der Waals surface area contributed by atoms with Gasteiger partial charge in [0.05, 0.1) is 12.1 Å². The van der Waals surface area contributed by atoms with Gasteiger partial charge in [0, 0.05) is 12.1 Å². The lowest BCUT2D eigenvalue weighted by atomic mass is 9.92. The fourth-order valence-corrected chi connectivity index (χ4v) is 4.33. The third-order valence-corrected chi connectivity index (χ3v) is 6.14. The molecule has 0 bridgehead atoms. The van der Waals surface area contributed by atoms with Crippen LogP contribution in [0.4, 0.5) is 0 Å². The largest absolute Gasteiger partial charge is 0.497 e. The summed E-state index contributed by atoms with van der Waals surface area (Å²) < 4.78 is 5.32. The number of aryl methyl sites for hydroxylation is 1. The molecular formula is C26H27ClNO. The van der Waals surface area contributed by atoms with Crippen molar-refractivity contribution in [2.24, 2.45) is 0 Å². The van der Waals surface area contributed by atoms with Crippen LogP contribution in [0.1, 0.15) is 30.4 Å². The molecule has 1 saturated heterocycles. The SMILES string of the molecule is COc1ccc(-c2[c]cc(CN3CCCCC3)c(Cl)c2-c2ccc(C)cc2)cc1. The summed E-state index contributed by atoms with van der Waals surface area (Å²) in [7, 11) is 1.69. The quantitative estimate of drug-likeness (QED) is 0.464. The molecule has 3 aromatic rings. The van der Waals surface area contributed by atoms with E-state index in [1.807, 2.05) is 12.1 Å². The molecule has 149 valence electrons. The number of methoxy groups -OCH3 is 1. The molecular weight excluding hydrogens is 378 g/mol. The van der Waals surface area contributed by atoms with Gasteiger partial charge in [0.15, 0.2) is 0 Å². The molecule has 3 heteroatoms. The summed E-state index contributed by atoms with van der Waals surface area (Å²) >= 11 is 7.04. The highest BCUT2D eigenvalue weighted by Gasteiger charge is 2.18. The van der Waals surface area contributed by atoms with Crippen LogP contribution in [-0.2, 0) is 6.54 Å². The van der Waals surface area contributed by atoms with E-state index < -0.39 is 0 Å². The number of nitrogens with zero attached hydrogens (tertiary/aromatic N) is 1. The minimum atomic E-state index is 0.837. The Bertz CT molecular complexity index is 957. The molecule has 1 aliphatic rings. The monoisotopic (exact) mass is 404 g/mol. The molecule has 0 spiro atoms. The maximum atomic E-state index is 7.04. The topological polar surface area (TPSA) is 12.5 Å². The molecule has 0 aromatic heterocycles. The predicted octanol–water partition coefficient (Wildman–Crippen LogP) is 6.78. The Morgan fingerprint density at radius 2 is 1.59 bits per heavy atom. The Hall–Kier alpha value is -2.29.